The van der Waals surface area contributed by atoms with Gasteiger partial charge in [0.2, 0.25) is 5.91 Å². The van der Waals surface area contributed by atoms with Gasteiger partial charge in [0.15, 0.2) is 0 Å². The number of ether oxygens (including phenoxy) is 1. The number of amides is 1. The molecule has 1 saturated carbocycles. The van der Waals surface area contributed by atoms with E-state index >= 15 is 0 Å². The highest BCUT2D eigenvalue weighted by molar-refractivity contribution is 5.80. The molecule has 0 spiro atoms. The average molecular weight is 388 g/mol. The molecule has 3 aliphatic rings. The fraction of sp³-hybridized carbons (Fsp3) is 0.348. The van der Waals surface area contributed by atoms with Crippen LogP contribution in [0, 0.1) is 17.8 Å². The highest BCUT2D eigenvalue weighted by Crippen LogP contribution is 2.45. The van der Waals surface area contributed by atoms with Gasteiger partial charge in [0.05, 0.1) is 18.7 Å². The topological polar surface area (TPSA) is 90.1 Å². The van der Waals surface area contributed by atoms with Crippen LogP contribution in [0.2, 0.25) is 0 Å². The van der Waals surface area contributed by atoms with Gasteiger partial charge in [0, 0.05) is 24.4 Å². The lowest BCUT2D eigenvalue weighted by molar-refractivity contribution is -0.122. The summed E-state index contributed by atoms with van der Waals surface area (Å²) >= 11 is 0. The third-order valence-electron chi connectivity index (χ3n) is 6.25. The molecule has 5 rings (SSSR count). The van der Waals surface area contributed by atoms with Crippen LogP contribution in [0.3, 0.4) is 0 Å². The Hall–Kier alpha value is -3.15. The number of aromatic nitrogens is 2. The highest BCUT2D eigenvalue weighted by atomic mass is 16.5. The summed E-state index contributed by atoms with van der Waals surface area (Å²) in [4.78, 5) is 21.7. The highest BCUT2D eigenvalue weighted by Gasteiger charge is 2.47. The zero-order chi connectivity index (χ0) is 20.0. The lowest BCUT2D eigenvalue weighted by Gasteiger charge is -2.28. The maximum atomic E-state index is 12.1. The Bertz CT molecular complexity index is 1030. The van der Waals surface area contributed by atoms with Crippen LogP contribution in [-0.4, -0.2) is 29.0 Å². The van der Waals surface area contributed by atoms with Crippen molar-refractivity contribution in [3.63, 3.8) is 0 Å². The Morgan fingerprint density at radius 3 is 2.97 bits per heavy atom. The second kappa shape index (κ2) is 7.03. The van der Waals surface area contributed by atoms with Gasteiger partial charge in [-0.3, -0.25) is 4.79 Å². The van der Waals surface area contributed by atoms with Crippen LogP contribution in [0.15, 0.2) is 42.5 Å². The summed E-state index contributed by atoms with van der Waals surface area (Å²) in [6.07, 6.45) is 10.9. The number of rotatable bonds is 6. The molecule has 1 heterocycles. The summed E-state index contributed by atoms with van der Waals surface area (Å²) in [7, 11) is 1.66. The van der Waals surface area contributed by atoms with Crippen LogP contribution < -0.4 is 15.8 Å². The van der Waals surface area contributed by atoms with Crippen molar-refractivity contribution in [2.75, 3.05) is 12.4 Å². The van der Waals surface area contributed by atoms with E-state index < -0.39 is 0 Å². The fourth-order valence-corrected chi connectivity index (χ4v) is 4.90. The van der Waals surface area contributed by atoms with Crippen LogP contribution in [0.25, 0.3) is 6.08 Å². The van der Waals surface area contributed by atoms with Crippen LogP contribution in [-0.2, 0) is 17.6 Å². The van der Waals surface area contributed by atoms with Crippen molar-refractivity contribution in [2.24, 2.45) is 23.5 Å². The molecular formula is C23H24N4O2. The van der Waals surface area contributed by atoms with E-state index in [4.69, 9.17) is 20.4 Å². The first-order valence-electron chi connectivity index (χ1n) is 10.1. The first kappa shape index (κ1) is 17.9. The molecule has 0 saturated heterocycles. The predicted molar refractivity (Wildman–Crippen MR) is 111 cm³/mol. The fourth-order valence-electron chi connectivity index (χ4n) is 4.90. The monoisotopic (exact) mass is 388 g/mol. The van der Waals surface area contributed by atoms with Gasteiger partial charge >= 0.3 is 0 Å². The van der Waals surface area contributed by atoms with E-state index in [1.165, 1.54) is 0 Å². The van der Waals surface area contributed by atoms with E-state index in [9.17, 15) is 4.79 Å². The molecule has 4 atom stereocenters. The SMILES string of the molecule is COc1cccc(Cc2nc3c(c(NC4C5C=CC(C5)C4C(N)=O)n2)C=CC3)c1. The molecule has 3 aliphatic carbocycles. The number of methoxy groups -OCH3 is 1. The molecule has 4 unspecified atom stereocenters. The Kier molecular flexibility index (Phi) is 4.34. The van der Waals surface area contributed by atoms with E-state index in [1.54, 1.807) is 7.11 Å². The summed E-state index contributed by atoms with van der Waals surface area (Å²) in [6, 6.07) is 7.94. The van der Waals surface area contributed by atoms with Gasteiger partial charge in [-0.05, 0) is 36.0 Å². The van der Waals surface area contributed by atoms with Crippen molar-refractivity contribution in [3.8, 4) is 5.75 Å². The minimum Gasteiger partial charge on any atom is -0.497 e. The summed E-state index contributed by atoms with van der Waals surface area (Å²) in [6.45, 7) is 0. The van der Waals surface area contributed by atoms with E-state index in [0.717, 1.165) is 47.1 Å². The van der Waals surface area contributed by atoms with Crippen molar-refractivity contribution in [3.05, 3.63) is 65.1 Å². The largest absolute Gasteiger partial charge is 0.497 e. The van der Waals surface area contributed by atoms with Gasteiger partial charge in [0.25, 0.3) is 0 Å². The molecule has 2 aromatic rings. The van der Waals surface area contributed by atoms with Gasteiger partial charge in [-0.15, -0.1) is 0 Å². The molecule has 1 aromatic heterocycles. The molecule has 148 valence electrons. The predicted octanol–water partition coefficient (Wildman–Crippen LogP) is 2.73. The molecule has 2 bridgehead atoms. The van der Waals surface area contributed by atoms with Crippen molar-refractivity contribution >= 4 is 17.8 Å². The van der Waals surface area contributed by atoms with Gasteiger partial charge < -0.3 is 15.8 Å². The van der Waals surface area contributed by atoms with Gasteiger partial charge in [-0.2, -0.15) is 0 Å². The number of carbonyl (C=O) groups is 1. The lowest BCUT2D eigenvalue weighted by atomic mass is 9.88. The van der Waals surface area contributed by atoms with Crippen molar-refractivity contribution in [1.29, 1.82) is 0 Å². The van der Waals surface area contributed by atoms with E-state index in [-0.39, 0.29) is 23.8 Å². The number of allylic oxidation sites excluding steroid dienone is 2. The number of anilines is 1. The van der Waals surface area contributed by atoms with E-state index in [1.807, 2.05) is 24.3 Å². The third-order valence-corrected chi connectivity index (χ3v) is 6.25. The molecule has 0 radical (unpaired) electrons. The van der Waals surface area contributed by atoms with Gasteiger partial charge in [0.1, 0.15) is 17.4 Å². The van der Waals surface area contributed by atoms with Crippen LogP contribution >= 0.6 is 0 Å². The molecule has 1 amide bonds. The summed E-state index contributed by atoms with van der Waals surface area (Å²) < 4.78 is 5.33. The van der Waals surface area contributed by atoms with Gasteiger partial charge in [-0.1, -0.05) is 36.4 Å². The number of carbonyl (C=O) groups excluding carboxylic acids is 1. The zero-order valence-electron chi connectivity index (χ0n) is 16.3. The number of hydrogen-bond donors (Lipinski definition) is 2. The zero-order valence-corrected chi connectivity index (χ0v) is 16.3. The molecule has 3 N–H and O–H groups in total. The molecule has 29 heavy (non-hydrogen) atoms. The van der Waals surface area contributed by atoms with Crippen LogP contribution in [0.1, 0.15) is 29.1 Å². The van der Waals surface area contributed by atoms with E-state index in [0.29, 0.717) is 12.3 Å². The van der Waals surface area contributed by atoms with Crippen molar-refractivity contribution < 1.29 is 9.53 Å². The quantitative estimate of drug-likeness (QED) is 0.743. The minimum absolute atomic E-state index is 0.0137. The average Bonchev–Trinajstić information content (AvgIpc) is 3.44. The molecule has 6 heteroatoms. The number of nitrogens with one attached hydrogen (secondary N) is 1. The molecule has 0 aliphatic heterocycles. The normalized spacial score (nSPS) is 26.0. The molecule has 1 fully saturated rings. The van der Waals surface area contributed by atoms with E-state index in [2.05, 4.69) is 29.6 Å². The second-order valence-electron chi connectivity index (χ2n) is 8.03. The molecular weight excluding hydrogens is 364 g/mol. The summed E-state index contributed by atoms with van der Waals surface area (Å²) in [5.74, 6) is 2.50. The van der Waals surface area contributed by atoms with Crippen LogP contribution in [0.5, 0.6) is 5.75 Å². The van der Waals surface area contributed by atoms with Crippen LogP contribution in [0.4, 0.5) is 5.82 Å². The Balaban J connectivity index is 1.46. The Morgan fingerprint density at radius 2 is 2.14 bits per heavy atom. The minimum atomic E-state index is -0.239. The maximum Gasteiger partial charge on any atom is 0.223 e. The third kappa shape index (κ3) is 3.18. The smallest absolute Gasteiger partial charge is 0.223 e. The summed E-state index contributed by atoms with van der Waals surface area (Å²) in [5.41, 5.74) is 8.87. The molecule has 1 aromatic carbocycles. The van der Waals surface area contributed by atoms with Gasteiger partial charge in [-0.25, -0.2) is 9.97 Å². The standard InChI is InChI=1S/C23H24N4O2/c1-29-16-5-2-4-13(10-16)11-19-25-18-7-3-6-17(18)23(26-19)27-21-15-9-8-14(12-15)20(21)22(24)28/h2-6,8-10,14-15,20-21H,7,11-12H2,1H3,(H2,24,28)(H,25,26,27). The number of primary amides is 1. The number of nitrogens with zero attached hydrogens (tertiary/aromatic N) is 2. The molecule has 6 nitrogen and oxygen atoms in total. The number of nitrogens with two attached hydrogens (primary N) is 1. The lowest BCUT2D eigenvalue weighted by Crippen LogP contribution is -2.41. The number of hydrogen-bond acceptors (Lipinski definition) is 5. The maximum absolute atomic E-state index is 12.1. The van der Waals surface area contributed by atoms with Crippen molar-refractivity contribution in [1.82, 2.24) is 9.97 Å². The Morgan fingerprint density at radius 1 is 1.28 bits per heavy atom. The first-order valence-corrected chi connectivity index (χ1v) is 10.1. The first-order chi connectivity index (χ1) is 14.1. The number of fused-ring (bicyclic) bond motifs is 3. The number of benzene rings is 1. The van der Waals surface area contributed by atoms with Crippen molar-refractivity contribution in [2.45, 2.75) is 25.3 Å². The Labute approximate surface area is 169 Å². The summed E-state index contributed by atoms with van der Waals surface area (Å²) in [5, 5.41) is 3.57. The second-order valence-corrected chi connectivity index (χ2v) is 8.03.